The van der Waals surface area contributed by atoms with Crippen molar-refractivity contribution >= 4 is 22.7 Å². The molecule has 19 heavy (non-hydrogen) atoms. The third kappa shape index (κ3) is 3.77. The Morgan fingerprint density at radius 3 is 2.79 bits per heavy atom. The number of aryl methyl sites for hydroxylation is 1. The maximum Gasteiger partial charge on any atom is 0.0483 e. The molecule has 1 N–H and O–H groups in total. The van der Waals surface area contributed by atoms with Crippen LogP contribution in [0.1, 0.15) is 25.8 Å². The van der Waals surface area contributed by atoms with Crippen LogP contribution in [-0.4, -0.2) is 22.6 Å². The van der Waals surface area contributed by atoms with Gasteiger partial charge in [-0.15, -0.1) is 0 Å². The molecule has 3 heteroatoms. The van der Waals surface area contributed by atoms with Gasteiger partial charge < -0.3 is 9.88 Å². The molecular formula is C16H24N2S. The number of hydrogen-bond acceptors (Lipinski definition) is 2. The van der Waals surface area contributed by atoms with E-state index in [1.807, 2.05) is 11.8 Å². The molecule has 0 aliphatic heterocycles. The SMILES string of the molecule is CSCCCn1cc(CNC(C)C)c2ccccc21. The Hall–Kier alpha value is -0.930. The van der Waals surface area contributed by atoms with Gasteiger partial charge in [0.2, 0.25) is 0 Å². The van der Waals surface area contributed by atoms with Crippen molar-refractivity contribution in [3.8, 4) is 0 Å². The Morgan fingerprint density at radius 1 is 1.26 bits per heavy atom. The molecule has 2 nitrogen and oxygen atoms in total. The summed E-state index contributed by atoms with van der Waals surface area (Å²) in [4.78, 5) is 0. The maximum absolute atomic E-state index is 3.52. The molecule has 0 unspecified atom stereocenters. The lowest BCUT2D eigenvalue weighted by molar-refractivity contribution is 0.588. The minimum atomic E-state index is 0.526. The molecule has 0 amide bonds. The van der Waals surface area contributed by atoms with E-state index in [1.54, 1.807) is 0 Å². The van der Waals surface area contributed by atoms with Crippen LogP contribution in [0.2, 0.25) is 0 Å². The monoisotopic (exact) mass is 276 g/mol. The fourth-order valence-corrected chi connectivity index (χ4v) is 2.76. The summed E-state index contributed by atoms with van der Waals surface area (Å²) in [5.41, 5.74) is 2.78. The van der Waals surface area contributed by atoms with Crippen LogP contribution in [0, 0.1) is 0 Å². The molecule has 0 saturated carbocycles. The largest absolute Gasteiger partial charge is 0.347 e. The van der Waals surface area contributed by atoms with E-state index >= 15 is 0 Å². The van der Waals surface area contributed by atoms with E-state index < -0.39 is 0 Å². The van der Waals surface area contributed by atoms with Crippen molar-refractivity contribution in [2.45, 2.75) is 39.4 Å². The van der Waals surface area contributed by atoms with Gasteiger partial charge in [0.15, 0.2) is 0 Å². The molecule has 104 valence electrons. The van der Waals surface area contributed by atoms with Gasteiger partial charge in [-0.25, -0.2) is 0 Å². The van der Waals surface area contributed by atoms with Crippen molar-refractivity contribution in [1.82, 2.24) is 9.88 Å². The number of rotatable bonds is 7. The first-order chi connectivity index (χ1) is 9.22. The van der Waals surface area contributed by atoms with E-state index in [1.165, 1.54) is 28.6 Å². The Balaban J connectivity index is 2.21. The molecule has 0 aliphatic rings. The van der Waals surface area contributed by atoms with Crippen LogP contribution in [0.25, 0.3) is 10.9 Å². The van der Waals surface area contributed by atoms with Crippen LogP contribution in [-0.2, 0) is 13.1 Å². The summed E-state index contributed by atoms with van der Waals surface area (Å²) >= 11 is 1.92. The van der Waals surface area contributed by atoms with Crippen LogP contribution in [0.15, 0.2) is 30.5 Å². The first-order valence-corrected chi connectivity index (χ1v) is 8.41. The predicted octanol–water partition coefficient (Wildman–Crippen LogP) is 3.89. The molecule has 0 fully saturated rings. The zero-order valence-electron chi connectivity index (χ0n) is 12.1. The lowest BCUT2D eigenvalue weighted by atomic mass is 10.2. The summed E-state index contributed by atoms with van der Waals surface area (Å²) < 4.78 is 2.41. The molecular weight excluding hydrogens is 252 g/mol. The van der Waals surface area contributed by atoms with Gasteiger partial charge in [0.1, 0.15) is 0 Å². The number of hydrogen-bond donors (Lipinski definition) is 1. The van der Waals surface area contributed by atoms with E-state index in [9.17, 15) is 0 Å². The number of fused-ring (bicyclic) bond motifs is 1. The van der Waals surface area contributed by atoms with Gasteiger partial charge in [0.25, 0.3) is 0 Å². The minimum absolute atomic E-state index is 0.526. The molecule has 0 spiro atoms. The number of nitrogens with one attached hydrogen (secondary N) is 1. The third-order valence-corrected chi connectivity index (χ3v) is 4.02. The quantitative estimate of drug-likeness (QED) is 0.773. The highest BCUT2D eigenvalue weighted by Crippen LogP contribution is 2.22. The molecule has 0 aliphatic carbocycles. The lowest BCUT2D eigenvalue weighted by Crippen LogP contribution is -2.21. The van der Waals surface area contributed by atoms with Crippen molar-refractivity contribution in [3.63, 3.8) is 0 Å². The first kappa shape index (κ1) is 14.5. The van der Waals surface area contributed by atoms with Crippen molar-refractivity contribution in [2.24, 2.45) is 0 Å². The lowest BCUT2D eigenvalue weighted by Gasteiger charge is -2.06. The van der Waals surface area contributed by atoms with Crippen molar-refractivity contribution < 1.29 is 0 Å². The van der Waals surface area contributed by atoms with Gasteiger partial charge in [-0.05, 0) is 30.1 Å². The second-order valence-electron chi connectivity index (χ2n) is 5.25. The number of nitrogens with zero attached hydrogens (tertiary/aromatic N) is 1. The Morgan fingerprint density at radius 2 is 2.05 bits per heavy atom. The molecule has 2 aromatic rings. The summed E-state index contributed by atoms with van der Waals surface area (Å²) in [6.45, 7) is 6.45. The molecule has 0 atom stereocenters. The normalized spacial score (nSPS) is 11.6. The van der Waals surface area contributed by atoms with Crippen molar-refractivity contribution in [3.05, 3.63) is 36.0 Å². The fourth-order valence-electron chi connectivity index (χ4n) is 2.34. The number of thioether (sulfide) groups is 1. The number of benzene rings is 1. The summed E-state index contributed by atoms with van der Waals surface area (Å²) in [7, 11) is 0. The average Bonchev–Trinajstić information content (AvgIpc) is 2.76. The zero-order chi connectivity index (χ0) is 13.7. The Labute approximate surface area is 120 Å². The van der Waals surface area contributed by atoms with E-state index in [0.717, 1.165) is 13.1 Å². The molecule has 1 heterocycles. The summed E-state index contributed by atoms with van der Waals surface area (Å²) in [6.07, 6.45) is 5.73. The smallest absolute Gasteiger partial charge is 0.0483 e. The third-order valence-electron chi connectivity index (χ3n) is 3.32. The van der Waals surface area contributed by atoms with E-state index in [0.29, 0.717) is 6.04 Å². The molecule has 1 aromatic heterocycles. The average molecular weight is 276 g/mol. The summed E-state index contributed by atoms with van der Waals surface area (Å²) in [6, 6.07) is 9.25. The van der Waals surface area contributed by atoms with Crippen LogP contribution < -0.4 is 5.32 Å². The van der Waals surface area contributed by atoms with E-state index in [4.69, 9.17) is 0 Å². The number of para-hydroxylation sites is 1. The highest BCUT2D eigenvalue weighted by atomic mass is 32.2. The van der Waals surface area contributed by atoms with Crippen LogP contribution in [0.3, 0.4) is 0 Å². The highest BCUT2D eigenvalue weighted by molar-refractivity contribution is 7.98. The second kappa shape index (κ2) is 7.01. The van der Waals surface area contributed by atoms with Gasteiger partial charge in [-0.1, -0.05) is 32.0 Å². The van der Waals surface area contributed by atoms with E-state index in [-0.39, 0.29) is 0 Å². The standard InChI is InChI=1S/C16H24N2S/c1-13(2)17-11-14-12-18(9-6-10-19-3)16-8-5-4-7-15(14)16/h4-5,7-8,12-13,17H,6,9-11H2,1-3H3. The van der Waals surface area contributed by atoms with Crippen LogP contribution in [0.5, 0.6) is 0 Å². The zero-order valence-corrected chi connectivity index (χ0v) is 13.0. The van der Waals surface area contributed by atoms with Crippen molar-refractivity contribution in [2.75, 3.05) is 12.0 Å². The van der Waals surface area contributed by atoms with Crippen LogP contribution >= 0.6 is 11.8 Å². The van der Waals surface area contributed by atoms with Crippen molar-refractivity contribution in [1.29, 1.82) is 0 Å². The van der Waals surface area contributed by atoms with Gasteiger partial charge in [-0.3, -0.25) is 0 Å². The van der Waals surface area contributed by atoms with E-state index in [2.05, 4.69) is 60.4 Å². The fraction of sp³-hybridized carbons (Fsp3) is 0.500. The minimum Gasteiger partial charge on any atom is -0.347 e. The van der Waals surface area contributed by atoms with Gasteiger partial charge in [0.05, 0.1) is 0 Å². The first-order valence-electron chi connectivity index (χ1n) is 7.01. The topological polar surface area (TPSA) is 17.0 Å². The predicted molar refractivity (Wildman–Crippen MR) is 86.9 cm³/mol. The Kier molecular flexibility index (Phi) is 5.34. The van der Waals surface area contributed by atoms with Gasteiger partial charge >= 0.3 is 0 Å². The van der Waals surface area contributed by atoms with Crippen LogP contribution in [0.4, 0.5) is 0 Å². The molecule has 0 saturated heterocycles. The maximum atomic E-state index is 3.52. The Bertz CT molecular complexity index is 516. The van der Waals surface area contributed by atoms with Gasteiger partial charge in [-0.2, -0.15) is 11.8 Å². The summed E-state index contributed by atoms with van der Waals surface area (Å²) in [5.74, 6) is 1.23. The second-order valence-corrected chi connectivity index (χ2v) is 6.23. The summed E-state index contributed by atoms with van der Waals surface area (Å²) in [5, 5.41) is 4.91. The number of aromatic nitrogens is 1. The molecule has 0 radical (unpaired) electrons. The molecule has 2 rings (SSSR count). The molecule has 0 bridgehead atoms. The highest BCUT2D eigenvalue weighted by Gasteiger charge is 2.07. The van der Waals surface area contributed by atoms with Gasteiger partial charge in [0, 0.05) is 36.2 Å². The molecule has 1 aromatic carbocycles.